The second kappa shape index (κ2) is 4.49. The number of halogens is 1. The van der Waals surface area contributed by atoms with Crippen molar-refractivity contribution in [2.45, 2.75) is 31.8 Å². The summed E-state index contributed by atoms with van der Waals surface area (Å²) in [6.45, 7) is 3.21. The summed E-state index contributed by atoms with van der Waals surface area (Å²) in [7, 11) is 0. The molecule has 0 radical (unpaired) electrons. The van der Waals surface area contributed by atoms with E-state index in [2.05, 4.69) is 32.7 Å². The van der Waals surface area contributed by atoms with Crippen molar-refractivity contribution in [2.24, 2.45) is 5.73 Å². The van der Waals surface area contributed by atoms with Gasteiger partial charge in [-0.25, -0.2) is 4.98 Å². The zero-order chi connectivity index (χ0) is 10.8. The van der Waals surface area contributed by atoms with Gasteiger partial charge in [0.25, 0.3) is 0 Å². The van der Waals surface area contributed by atoms with Gasteiger partial charge in [0, 0.05) is 24.8 Å². The van der Waals surface area contributed by atoms with E-state index in [4.69, 9.17) is 5.73 Å². The highest BCUT2D eigenvalue weighted by Crippen LogP contribution is 2.28. The fraction of sp³-hybridized carbons (Fsp3) is 0.545. The molecule has 1 aromatic rings. The zero-order valence-corrected chi connectivity index (χ0v) is 10.4. The molecule has 0 aliphatic carbocycles. The number of anilines is 1. The summed E-state index contributed by atoms with van der Waals surface area (Å²) >= 11 is 3.54. The Bertz CT molecular complexity index is 342. The third kappa shape index (κ3) is 2.32. The van der Waals surface area contributed by atoms with E-state index in [9.17, 15) is 0 Å². The van der Waals surface area contributed by atoms with Crippen LogP contribution in [0.25, 0.3) is 0 Å². The summed E-state index contributed by atoms with van der Waals surface area (Å²) < 4.78 is 1.06. The average molecular weight is 270 g/mol. The number of hydrogen-bond donors (Lipinski definition) is 1. The van der Waals surface area contributed by atoms with Crippen LogP contribution < -0.4 is 10.6 Å². The summed E-state index contributed by atoms with van der Waals surface area (Å²) in [5.41, 5.74) is 5.94. The maximum absolute atomic E-state index is 5.94. The summed E-state index contributed by atoms with van der Waals surface area (Å²) in [6, 6.07) is 4.79. The van der Waals surface area contributed by atoms with Gasteiger partial charge < -0.3 is 10.6 Å². The van der Waals surface area contributed by atoms with Crippen LogP contribution in [0, 0.1) is 0 Å². The maximum Gasteiger partial charge on any atom is 0.143 e. The first kappa shape index (κ1) is 10.9. The normalized spacial score (nSPS) is 26.7. The first-order chi connectivity index (χ1) is 7.18. The van der Waals surface area contributed by atoms with Crippen LogP contribution in [-0.4, -0.2) is 23.6 Å². The number of nitrogens with two attached hydrogens (primary N) is 1. The van der Waals surface area contributed by atoms with Crippen molar-refractivity contribution in [3.63, 3.8) is 0 Å². The highest BCUT2D eigenvalue weighted by atomic mass is 79.9. The van der Waals surface area contributed by atoms with E-state index in [1.165, 1.54) is 0 Å². The van der Waals surface area contributed by atoms with Crippen molar-refractivity contribution in [1.29, 1.82) is 0 Å². The molecule has 82 valence electrons. The van der Waals surface area contributed by atoms with Crippen LogP contribution in [0.1, 0.15) is 19.8 Å². The number of aromatic nitrogens is 1. The zero-order valence-electron chi connectivity index (χ0n) is 8.86. The Morgan fingerprint density at radius 2 is 2.40 bits per heavy atom. The molecule has 15 heavy (non-hydrogen) atoms. The maximum atomic E-state index is 5.94. The predicted molar refractivity (Wildman–Crippen MR) is 66.0 cm³/mol. The van der Waals surface area contributed by atoms with Gasteiger partial charge in [0.15, 0.2) is 0 Å². The molecule has 2 rings (SSSR count). The van der Waals surface area contributed by atoms with E-state index in [0.717, 1.165) is 29.7 Å². The van der Waals surface area contributed by atoms with Gasteiger partial charge in [-0.1, -0.05) is 0 Å². The van der Waals surface area contributed by atoms with Crippen molar-refractivity contribution in [1.82, 2.24) is 4.98 Å². The topological polar surface area (TPSA) is 42.1 Å². The minimum absolute atomic E-state index is 0.346. The van der Waals surface area contributed by atoms with Gasteiger partial charge in [-0.15, -0.1) is 0 Å². The molecule has 1 aromatic heterocycles. The number of nitrogens with zero attached hydrogens (tertiary/aromatic N) is 2. The molecule has 2 N–H and O–H groups in total. The van der Waals surface area contributed by atoms with E-state index in [0.29, 0.717) is 12.1 Å². The molecular weight excluding hydrogens is 254 g/mol. The van der Waals surface area contributed by atoms with Crippen molar-refractivity contribution >= 4 is 21.7 Å². The van der Waals surface area contributed by atoms with Crippen LogP contribution >= 0.6 is 15.9 Å². The first-order valence-corrected chi connectivity index (χ1v) is 6.10. The highest BCUT2D eigenvalue weighted by molar-refractivity contribution is 9.10. The van der Waals surface area contributed by atoms with Crippen LogP contribution in [0.2, 0.25) is 0 Å². The second-order valence-electron chi connectivity index (χ2n) is 4.14. The van der Waals surface area contributed by atoms with Gasteiger partial charge >= 0.3 is 0 Å². The van der Waals surface area contributed by atoms with E-state index >= 15 is 0 Å². The Hall–Kier alpha value is -0.610. The summed E-state index contributed by atoms with van der Waals surface area (Å²) in [5, 5.41) is 0. The van der Waals surface area contributed by atoms with Crippen LogP contribution in [0.5, 0.6) is 0 Å². The molecule has 0 saturated carbocycles. The van der Waals surface area contributed by atoms with Gasteiger partial charge in [0.05, 0.1) is 4.47 Å². The molecule has 0 spiro atoms. The molecule has 4 heteroatoms. The molecule has 0 bridgehead atoms. The van der Waals surface area contributed by atoms with E-state index in [-0.39, 0.29) is 0 Å². The molecule has 2 heterocycles. The first-order valence-electron chi connectivity index (χ1n) is 5.31. The smallest absolute Gasteiger partial charge is 0.143 e. The lowest BCUT2D eigenvalue weighted by molar-refractivity contribution is 0.427. The molecule has 0 aromatic carbocycles. The number of piperidine rings is 1. The number of hydrogen-bond acceptors (Lipinski definition) is 3. The molecule has 3 nitrogen and oxygen atoms in total. The van der Waals surface area contributed by atoms with Crippen LogP contribution in [0.3, 0.4) is 0 Å². The minimum atomic E-state index is 0.346. The van der Waals surface area contributed by atoms with E-state index in [1.807, 2.05) is 18.3 Å². The Morgan fingerprint density at radius 3 is 3.07 bits per heavy atom. The largest absolute Gasteiger partial charge is 0.353 e. The van der Waals surface area contributed by atoms with Gasteiger partial charge in [-0.2, -0.15) is 0 Å². The third-order valence-corrected chi connectivity index (χ3v) is 3.55. The fourth-order valence-electron chi connectivity index (χ4n) is 2.11. The summed E-state index contributed by atoms with van der Waals surface area (Å²) in [5.74, 6) is 1.04. The van der Waals surface area contributed by atoms with Crippen molar-refractivity contribution in [2.75, 3.05) is 11.4 Å². The van der Waals surface area contributed by atoms with Gasteiger partial charge in [-0.3, -0.25) is 0 Å². The molecule has 1 aliphatic heterocycles. The number of rotatable bonds is 1. The molecule has 1 saturated heterocycles. The van der Waals surface area contributed by atoms with Gasteiger partial charge in [0.2, 0.25) is 0 Å². The van der Waals surface area contributed by atoms with Crippen LogP contribution in [-0.2, 0) is 0 Å². The lowest BCUT2D eigenvalue weighted by Crippen LogP contribution is -2.46. The molecule has 2 atom stereocenters. The molecular formula is C11H16BrN3. The molecule has 2 unspecified atom stereocenters. The van der Waals surface area contributed by atoms with Gasteiger partial charge in [-0.05, 0) is 47.8 Å². The minimum Gasteiger partial charge on any atom is -0.353 e. The monoisotopic (exact) mass is 269 g/mol. The Kier molecular flexibility index (Phi) is 3.26. The lowest BCUT2D eigenvalue weighted by atomic mass is 9.99. The van der Waals surface area contributed by atoms with E-state index in [1.54, 1.807) is 0 Å². The van der Waals surface area contributed by atoms with Crippen molar-refractivity contribution in [3.8, 4) is 0 Å². The van der Waals surface area contributed by atoms with Crippen LogP contribution in [0.15, 0.2) is 22.8 Å². The summed E-state index contributed by atoms with van der Waals surface area (Å²) in [4.78, 5) is 6.74. The molecule has 1 aliphatic rings. The SMILES string of the molecule is CC1CC(N)CCN1c1ncccc1Br. The Balaban J connectivity index is 2.20. The standard InChI is InChI=1S/C11H16BrN3/c1-8-7-9(13)4-6-15(8)11-10(12)3-2-5-14-11/h2-3,5,8-9H,4,6-7,13H2,1H3. The Labute approximate surface area is 98.8 Å². The Morgan fingerprint density at radius 1 is 1.60 bits per heavy atom. The average Bonchev–Trinajstić information content (AvgIpc) is 2.20. The molecule has 1 fully saturated rings. The van der Waals surface area contributed by atoms with Crippen LogP contribution in [0.4, 0.5) is 5.82 Å². The lowest BCUT2D eigenvalue weighted by Gasteiger charge is -2.37. The second-order valence-corrected chi connectivity index (χ2v) is 4.99. The quantitative estimate of drug-likeness (QED) is 0.850. The third-order valence-electron chi connectivity index (χ3n) is 2.93. The predicted octanol–water partition coefficient (Wildman–Crippen LogP) is 2.16. The van der Waals surface area contributed by atoms with E-state index < -0.39 is 0 Å². The van der Waals surface area contributed by atoms with Crippen molar-refractivity contribution in [3.05, 3.63) is 22.8 Å². The molecule has 0 amide bonds. The number of pyridine rings is 1. The summed E-state index contributed by atoms with van der Waals surface area (Å²) in [6.07, 6.45) is 3.93. The van der Waals surface area contributed by atoms with Gasteiger partial charge in [0.1, 0.15) is 5.82 Å². The fourth-order valence-corrected chi connectivity index (χ4v) is 2.59. The van der Waals surface area contributed by atoms with Crippen molar-refractivity contribution < 1.29 is 0 Å². The highest BCUT2D eigenvalue weighted by Gasteiger charge is 2.25.